The Morgan fingerprint density at radius 2 is 2.18 bits per heavy atom. The lowest BCUT2D eigenvalue weighted by Crippen LogP contribution is -2.21. The van der Waals surface area contributed by atoms with E-state index in [1.165, 1.54) is 19.3 Å². The van der Waals surface area contributed by atoms with Crippen LogP contribution in [0.4, 0.5) is 0 Å². The van der Waals surface area contributed by atoms with Crippen molar-refractivity contribution in [3.63, 3.8) is 0 Å². The van der Waals surface area contributed by atoms with E-state index >= 15 is 0 Å². The van der Waals surface area contributed by atoms with Crippen LogP contribution in [0.3, 0.4) is 0 Å². The van der Waals surface area contributed by atoms with Crippen LogP contribution < -0.4 is 0 Å². The van der Waals surface area contributed by atoms with Crippen molar-refractivity contribution >= 4 is 0 Å². The molecule has 4 heteroatoms. The van der Waals surface area contributed by atoms with E-state index in [4.69, 9.17) is 19.3 Å². The molecule has 0 aliphatic carbocycles. The van der Waals surface area contributed by atoms with Crippen LogP contribution in [0.2, 0.25) is 0 Å². The monoisotopic (exact) mass is 246 g/mol. The molecule has 0 spiro atoms. The van der Waals surface area contributed by atoms with E-state index in [1.54, 1.807) is 0 Å². The molecule has 0 radical (unpaired) electrons. The van der Waals surface area contributed by atoms with Gasteiger partial charge in [-0.15, -0.1) is 0 Å². The SMILES string of the molecule is CCCCCCOC(C)C[C@H]1OC[C@H](CO)O1. The van der Waals surface area contributed by atoms with E-state index in [1.807, 2.05) is 6.92 Å². The lowest BCUT2D eigenvalue weighted by atomic mass is 10.2. The fourth-order valence-electron chi connectivity index (χ4n) is 1.88. The highest BCUT2D eigenvalue weighted by Gasteiger charge is 2.26. The van der Waals surface area contributed by atoms with Crippen LogP contribution >= 0.6 is 0 Å². The highest BCUT2D eigenvalue weighted by molar-refractivity contribution is 4.66. The van der Waals surface area contributed by atoms with Crippen molar-refractivity contribution in [2.75, 3.05) is 19.8 Å². The van der Waals surface area contributed by atoms with Crippen molar-refractivity contribution in [2.24, 2.45) is 0 Å². The van der Waals surface area contributed by atoms with Crippen LogP contribution in [0.15, 0.2) is 0 Å². The lowest BCUT2D eigenvalue weighted by Gasteiger charge is -2.17. The number of ether oxygens (including phenoxy) is 3. The van der Waals surface area contributed by atoms with Gasteiger partial charge in [0.1, 0.15) is 6.10 Å². The van der Waals surface area contributed by atoms with Gasteiger partial charge in [0, 0.05) is 13.0 Å². The maximum absolute atomic E-state index is 8.91. The first-order valence-corrected chi connectivity index (χ1v) is 6.75. The second-order valence-corrected chi connectivity index (χ2v) is 4.68. The number of aliphatic hydroxyl groups excluding tert-OH is 1. The van der Waals surface area contributed by atoms with Gasteiger partial charge in [0.15, 0.2) is 6.29 Å². The zero-order valence-corrected chi connectivity index (χ0v) is 11.1. The van der Waals surface area contributed by atoms with Gasteiger partial charge in [-0.2, -0.15) is 0 Å². The minimum Gasteiger partial charge on any atom is -0.394 e. The summed E-state index contributed by atoms with van der Waals surface area (Å²) >= 11 is 0. The van der Waals surface area contributed by atoms with Crippen LogP contribution in [0, 0.1) is 0 Å². The molecule has 0 aromatic rings. The van der Waals surface area contributed by atoms with E-state index in [0.29, 0.717) is 6.61 Å². The molecular weight excluding hydrogens is 220 g/mol. The van der Waals surface area contributed by atoms with Gasteiger partial charge in [-0.1, -0.05) is 26.2 Å². The molecule has 0 saturated carbocycles. The molecule has 1 N–H and O–H groups in total. The topological polar surface area (TPSA) is 47.9 Å². The Hall–Kier alpha value is -0.160. The first-order valence-electron chi connectivity index (χ1n) is 6.75. The van der Waals surface area contributed by atoms with Crippen LogP contribution in [0.1, 0.15) is 46.0 Å². The molecule has 0 aromatic carbocycles. The largest absolute Gasteiger partial charge is 0.394 e. The molecule has 0 bridgehead atoms. The van der Waals surface area contributed by atoms with Crippen LogP contribution in [0.25, 0.3) is 0 Å². The minimum atomic E-state index is -0.210. The Bertz CT molecular complexity index is 186. The fraction of sp³-hybridized carbons (Fsp3) is 1.00. The number of hydrogen-bond acceptors (Lipinski definition) is 4. The van der Waals surface area contributed by atoms with E-state index in [9.17, 15) is 0 Å². The van der Waals surface area contributed by atoms with Crippen molar-refractivity contribution < 1.29 is 19.3 Å². The van der Waals surface area contributed by atoms with Gasteiger partial charge in [0.25, 0.3) is 0 Å². The molecule has 0 aromatic heterocycles. The predicted molar refractivity (Wildman–Crippen MR) is 65.9 cm³/mol. The molecule has 1 unspecified atom stereocenters. The summed E-state index contributed by atoms with van der Waals surface area (Å²) in [4.78, 5) is 0. The molecule has 3 atom stereocenters. The van der Waals surface area contributed by atoms with Gasteiger partial charge >= 0.3 is 0 Å². The Labute approximate surface area is 104 Å². The Kier molecular flexibility index (Phi) is 7.77. The van der Waals surface area contributed by atoms with E-state index in [2.05, 4.69) is 6.92 Å². The summed E-state index contributed by atoms with van der Waals surface area (Å²) in [6.45, 7) is 5.58. The summed E-state index contributed by atoms with van der Waals surface area (Å²) in [5.74, 6) is 0. The highest BCUT2D eigenvalue weighted by Crippen LogP contribution is 2.17. The van der Waals surface area contributed by atoms with Crippen LogP contribution in [-0.4, -0.2) is 43.4 Å². The molecule has 102 valence electrons. The number of unbranched alkanes of at least 4 members (excludes halogenated alkanes) is 3. The van der Waals surface area contributed by atoms with E-state index in [0.717, 1.165) is 19.4 Å². The first kappa shape index (κ1) is 14.9. The average molecular weight is 246 g/mol. The van der Waals surface area contributed by atoms with Crippen molar-refractivity contribution in [3.8, 4) is 0 Å². The molecular formula is C13H26O4. The summed E-state index contributed by atoms with van der Waals surface area (Å²) in [6.07, 6.45) is 5.43. The third kappa shape index (κ3) is 6.36. The average Bonchev–Trinajstić information content (AvgIpc) is 2.76. The van der Waals surface area contributed by atoms with Crippen molar-refractivity contribution in [1.82, 2.24) is 0 Å². The standard InChI is InChI=1S/C13H26O4/c1-3-4-5-6-7-15-11(2)8-13-16-10-12(9-14)17-13/h11-14H,3-10H2,1-2H3/t11?,12-,13-/m0/s1. The quantitative estimate of drug-likeness (QED) is 0.633. The summed E-state index contributed by atoms with van der Waals surface area (Å²) < 4.78 is 16.6. The highest BCUT2D eigenvalue weighted by atomic mass is 16.7. The van der Waals surface area contributed by atoms with Gasteiger partial charge in [-0.05, 0) is 13.3 Å². The maximum Gasteiger partial charge on any atom is 0.160 e. The smallest absolute Gasteiger partial charge is 0.160 e. The summed E-state index contributed by atoms with van der Waals surface area (Å²) in [6, 6.07) is 0. The second kappa shape index (κ2) is 8.86. The maximum atomic E-state index is 8.91. The van der Waals surface area contributed by atoms with Gasteiger partial charge in [-0.3, -0.25) is 0 Å². The van der Waals surface area contributed by atoms with Gasteiger partial charge in [-0.25, -0.2) is 0 Å². The minimum absolute atomic E-state index is 0.0305. The molecule has 1 aliphatic rings. The number of rotatable bonds is 9. The van der Waals surface area contributed by atoms with Crippen molar-refractivity contribution in [3.05, 3.63) is 0 Å². The van der Waals surface area contributed by atoms with Crippen LogP contribution in [0.5, 0.6) is 0 Å². The molecule has 17 heavy (non-hydrogen) atoms. The van der Waals surface area contributed by atoms with Gasteiger partial charge < -0.3 is 19.3 Å². The molecule has 1 rings (SSSR count). The number of hydrogen-bond donors (Lipinski definition) is 1. The third-order valence-corrected chi connectivity index (χ3v) is 2.94. The number of aliphatic hydroxyl groups is 1. The molecule has 1 saturated heterocycles. The predicted octanol–water partition coefficient (Wildman–Crippen LogP) is 2.10. The first-order chi connectivity index (χ1) is 8.26. The third-order valence-electron chi connectivity index (χ3n) is 2.94. The lowest BCUT2D eigenvalue weighted by molar-refractivity contribution is -0.0959. The molecule has 1 aliphatic heterocycles. The summed E-state index contributed by atoms with van der Waals surface area (Å²) in [5, 5.41) is 8.91. The molecule has 4 nitrogen and oxygen atoms in total. The molecule has 1 fully saturated rings. The Morgan fingerprint density at radius 3 is 2.82 bits per heavy atom. The van der Waals surface area contributed by atoms with E-state index < -0.39 is 0 Å². The zero-order chi connectivity index (χ0) is 12.5. The zero-order valence-electron chi connectivity index (χ0n) is 11.1. The van der Waals surface area contributed by atoms with Gasteiger partial charge in [0.2, 0.25) is 0 Å². The second-order valence-electron chi connectivity index (χ2n) is 4.68. The Morgan fingerprint density at radius 1 is 1.35 bits per heavy atom. The van der Waals surface area contributed by atoms with Gasteiger partial charge in [0.05, 0.1) is 19.3 Å². The normalized spacial score (nSPS) is 26.3. The van der Waals surface area contributed by atoms with Crippen LogP contribution in [-0.2, 0) is 14.2 Å². The Balaban J connectivity index is 1.99. The fourth-order valence-corrected chi connectivity index (χ4v) is 1.88. The molecule has 1 heterocycles. The summed E-state index contributed by atoms with van der Waals surface area (Å²) in [7, 11) is 0. The van der Waals surface area contributed by atoms with Crippen molar-refractivity contribution in [2.45, 2.75) is 64.4 Å². The summed E-state index contributed by atoms with van der Waals surface area (Å²) in [5.41, 5.74) is 0. The molecule has 0 amide bonds. The van der Waals surface area contributed by atoms with E-state index in [-0.39, 0.29) is 25.1 Å². The van der Waals surface area contributed by atoms with Crippen molar-refractivity contribution in [1.29, 1.82) is 0 Å².